The van der Waals surface area contributed by atoms with Gasteiger partial charge >= 0.3 is 5.97 Å². The monoisotopic (exact) mass is 653 g/mol. The van der Waals surface area contributed by atoms with Crippen LogP contribution in [0.4, 0.5) is 0 Å². The quantitative estimate of drug-likeness (QED) is 0.192. The molecule has 1 aliphatic rings. The van der Waals surface area contributed by atoms with Gasteiger partial charge in [-0.2, -0.15) is 0 Å². The van der Waals surface area contributed by atoms with Crippen LogP contribution in [-0.2, 0) is 9.53 Å². The molecule has 5 aromatic rings. The number of nitrogens with zero attached hydrogens (tertiary/aromatic N) is 3. The third-order valence-corrected chi connectivity index (χ3v) is 9.17. The summed E-state index contributed by atoms with van der Waals surface area (Å²) in [5.74, 6) is 0.448. The van der Waals surface area contributed by atoms with E-state index in [1.54, 1.807) is 37.8 Å². The number of fused-ring (bicyclic) bond motifs is 1. The van der Waals surface area contributed by atoms with Crippen LogP contribution in [0.5, 0.6) is 11.5 Å². The molecular formula is C36H32ClN3O5S. The number of methoxy groups -OCH3 is 2. The predicted octanol–water partition coefficient (Wildman–Crippen LogP) is 6.01. The number of halogens is 1. The molecule has 0 amide bonds. The van der Waals surface area contributed by atoms with Gasteiger partial charge in [-0.1, -0.05) is 59.3 Å². The molecule has 0 spiro atoms. The molecule has 1 atom stereocenters. The van der Waals surface area contributed by atoms with E-state index in [4.69, 9.17) is 30.8 Å². The highest BCUT2D eigenvalue weighted by molar-refractivity contribution is 7.07. The van der Waals surface area contributed by atoms with Crippen LogP contribution >= 0.6 is 22.9 Å². The summed E-state index contributed by atoms with van der Waals surface area (Å²) in [5, 5.41) is 0.661. The van der Waals surface area contributed by atoms with Crippen LogP contribution in [0.3, 0.4) is 0 Å². The van der Waals surface area contributed by atoms with Crippen LogP contribution in [0.15, 0.2) is 94.2 Å². The van der Waals surface area contributed by atoms with Crippen LogP contribution in [0.2, 0.25) is 5.02 Å². The van der Waals surface area contributed by atoms with Gasteiger partial charge in [0.25, 0.3) is 5.56 Å². The van der Waals surface area contributed by atoms with E-state index in [1.807, 2.05) is 86.7 Å². The van der Waals surface area contributed by atoms with Crippen molar-refractivity contribution in [3.05, 3.63) is 137 Å². The second kappa shape index (κ2) is 12.9. The predicted molar refractivity (Wildman–Crippen MR) is 181 cm³/mol. The molecular weight excluding hydrogens is 622 g/mol. The zero-order valence-electron chi connectivity index (χ0n) is 26.0. The van der Waals surface area contributed by atoms with Gasteiger partial charge < -0.3 is 18.8 Å². The second-order valence-corrected chi connectivity index (χ2v) is 12.1. The number of benzene rings is 3. The number of aryl methyl sites for hydroxylation is 1. The Labute approximate surface area is 275 Å². The Morgan fingerprint density at radius 2 is 1.70 bits per heavy atom. The van der Waals surface area contributed by atoms with Crippen LogP contribution in [0.25, 0.3) is 17.5 Å². The molecule has 0 saturated carbocycles. The fourth-order valence-electron chi connectivity index (χ4n) is 5.84. The van der Waals surface area contributed by atoms with E-state index in [0.29, 0.717) is 37.1 Å². The Bertz CT molecular complexity index is 2160. The van der Waals surface area contributed by atoms with E-state index in [9.17, 15) is 9.59 Å². The summed E-state index contributed by atoms with van der Waals surface area (Å²) in [6, 6.07) is 23.7. The normalized spacial score (nSPS) is 14.6. The summed E-state index contributed by atoms with van der Waals surface area (Å²) in [6.07, 6.45) is 1.89. The van der Waals surface area contributed by atoms with Gasteiger partial charge in [0, 0.05) is 27.7 Å². The van der Waals surface area contributed by atoms with Crippen molar-refractivity contribution >= 4 is 40.7 Å². The molecule has 1 aliphatic heterocycles. The zero-order valence-corrected chi connectivity index (χ0v) is 27.6. The molecule has 0 N–H and O–H groups in total. The van der Waals surface area contributed by atoms with Gasteiger partial charge in [0.05, 0.1) is 42.7 Å². The first kappa shape index (κ1) is 31.1. The van der Waals surface area contributed by atoms with Crippen LogP contribution in [-0.4, -0.2) is 35.9 Å². The molecule has 2 aromatic heterocycles. The average molecular weight is 654 g/mol. The van der Waals surface area contributed by atoms with Gasteiger partial charge in [-0.25, -0.2) is 9.79 Å². The largest absolute Gasteiger partial charge is 0.493 e. The van der Waals surface area contributed by atoms with Crippen LogP contribution in [0, 0.1) is 13.8 Å². The number of hydrogen-bond acceptors (Lipinski definition) is 7. The van der Waals surface area contributed by atoms with Crippen LogP contribution in [0.1, 0.15) is 41.0 Å². The summed E-state index contributed by atoms with van der Waals surface area (Å²) in [4.78, 5) is 33.6. The number of hydrogen-bond donors (Lipinski definition) is 0. The Kier molecular flexibility index (Phi) is 8.71. The Morgan fingerprint density at radius 1 is 0.978 bits per heavy atom. The highest BCUT2D eigenvalue weighted by Crippen LogP contribution is 2.38. The molecule has 3 heterocycles. The lowest BCUT2D eigenvalue weighted by Gasteiger charge is -2.26. The van der Waals surface area contributed by atoms with Gasteiger partial charge in [-0.3, -0.25) is 9.36 Å². The maximum Gasteiger partial charge on any atom is 0.338 e. The number of thiazole rings is 1. The van der Waals surface area contributed by atoms with Crippen molar-refractivity contribution < 1.29 is 19.0 Å². The molecule has 8 nitrogen and oxygen atoms in total. The second-order valence-electron chi connectivity index (χ2n) is 10.7. The molecule has 10 heteroatoms. The number of carbonyl (C=O) groups is 1. The number of carbonyl (C=O) groups excluding carboxylic acids is 1. The lowest BCUT2D eigenvalue weighted by molar-refractivity contribution is -0.138. The number of ether oxygens (including phenoxy) is 3. The number of aromatic nitrogens is 2. The molecule has 0 fully saturated rings. The molecule has 234 valence electrons. The molecule has 0 radical (unpaired) electrons. The summed E-state index contributed by atoms with van der Waals surface area (Å²) >= 11 is 7.42. The summed E-state index contributed by atoms with van der Waals surface area (Å²) in [7, 11) is 3.10. The van der Waals surface area contributed by atoms with Gasteiger partial charge in [-0.05, 0) is 80.4 Å². The van der Waals surface area contributed by atoms with Crippen molar-refractivity contribution in [1.29, 1.82) is 0 Å². The molecule has 0 unspecified atom stereocenters. The fourth-order valence-corrected chi connectivity index (χ4v) is 6.96. The molecule has 0 aliphatic carbocycles. The van der Waals surface area contributed by atoms with Gasteiger partial charge in [0.15, 0.2) is 16.3 Å². The zero-order chi connectivity index (χ0) is 32.5. The Hall–Kier alpha value is -4.86. The molecule has 6 rings (SSSR count). The van der Waals surface area contributed by atoms with Crippen molar-refractivity contribution in [3.63, 3.8) is 0 Å². The van der Waals surface area contributed by atoms with Crippen molar-refractivity contribution in [1.82, 2.24) is 9.13 Å². The summed E-state index contributed by atoms with van der Waals surface area (Å²) in [5.41, 5.74) is 5.69. The first-order valence-corrected chi connectivity index (χ1v) is 15.9. The van der Waals surface area contributed by atoms with E-state index in [0.717, 1.165) is 28.2 Å². The van der Waals surface area contributed by atoms with Crippen molar-refractivity contribution in [2.75, 3.05) is 20.8 Å². The highest BCUT2D eigenvalue weighted by Gasteiger charge is 2.35. The Morgan fingerprint density at radius 3 is 2.37 bits per heavy atom. The average Bonchev–Trinajstić information content (AvgIpc) is 3.53. The fraction of sp³-hybridized carbons (Fsp3) is 0.194. The lowest BCUT2D eigenvalue weighted by Crippen LogP contribution is -2.40. The van der Waals surface area contributed by atoms with Gasteiger partial charge in [-0.15, -0.1) is 0 Å². The highest BCUT2D eigenvalue weighted by atomic mass is 35.5. The SMILES string of the molecule is CCOC(=O)C1=C(c2ccccc2)N=c2s/c(=C\c3cc(C)n(-c4ccc(Cl)cc4)c3C)c(=O)n2[C@H]1c1ccc(OC)c(OC)c1. The Balaban J connectivity index is 1.61. The summed E-state index contributed by atoms with van der Waals surface area (Å²) in [6.45, 7) is 5.96. The first-order chi connectivity index (χ1) is 22.2. The minimum absolute atomic E-state index is 0.163. The molecule has 3 aromatic carbocycles. The van der Waals surface area contributed by atoms with Crippen molar-refractivity contribution in [2.45, 2.75) is 26.8 Å². The number of rotatable bonds is 8. The van der Waals surface area contributed by atoms with Crippen molar-refractivity contribution in [2.24, 2.45) is 4.99 Å². The van der Waals surface area contributed by atoms with E-state index >= 15 is 0 Å². The van der Waals surface area contributed by atoms with E-state index in [2.05, 4.69) is 4.57 Å². The summed E-state index contributed by atoms with van der Waals surface area (Å²) < 4.78 is 20.9. The van der Waals surface area contributed by atoms with Gasteiger partial charge in [0.2, 0.25) is 0 Å². The maximum atomic E-state index is 14.4. The molecule has 46 heavy (non-hydrogen) atoms. The van der Waals surface area contributed by atoms with E-state index in [-0.39, 0.29) is 17.7 Å². The minimum Gasteiger partial charge on any atom is -0.493 e. The van der Waals surface area contributed by atoms with Crippen LogP contribution < -0.4 is 24.4 Å². The topological polar surface area (TPSA) is 84.1 Å². The van der Waals surface area contributed by atoms with Crippen molar-refractivity contribution in [3.8, 4) is 17.2 Å². The minimum atomic E-state index is -0.839. The smallest absolute Gasteiger partial charge is 0.338 e. The number of esters is 1. The third kappa shape index (κ3) is 5.57. The standard InChI is InChI=1S/C36H32ClN3O5S/c1-6-45-35(42)31-32(23-10-8-7-9-11-23)38-36-40(33(31)24-12-17-28(43-4)29(19-24)44-5)34(41)30(46-36)20-25-18-21(2)39(22(25)3)27-15-13-26(37)14-16-27/h7-20,33H,6H2,1-5H3/b30-20-/t33-/m0/s1. The first-order valence-electron chi connectivity index (χ1n) is 14.7. The van der Waals surface area contributed by atoms with E-state index in [1.165, 1.54) is 11.3 Å². The van der Waals surface area contributed by atoms with Gasteiger partial charge in [0.1, 0.15) is 0 Å². The maximum absolute atomic E-state index is 14.4. The third-order valence-electron chi connectivity index (χ3n) is 7.94. The molecule has 0 saturated heterocycles. The lowest BCUT2D eigenvalue weighted by atomic mass is 9.93. The van der Waals surface area contributed by atoms with E-state index < -0.39 is 12.0 Å². The molecule has 0 bridgehead atoms.